The normalized spacial score (nSPS) is 11.7. The second-order valence-electron chi connectivity index (χ2n) is 2.85. The zero-order chi connectivity index (χ0) is 10.6. The second kappa shape index (κ2) is 4.83. The van der Waals surface area contributed by atoms with Gasteiger partial charge in [0.05, 0.1) is 5.92 Å². The van der Waals surface area contributed by atoms with Gasteiger partial charge in [0, 0.05) is 10.9 Å². The van der Waals surface area contributed by atoms with Crippen molar-refractivity contribution in [1.29, 1.82) is 0 Å². The molecule has 1 aromatic carbocycles. The number of carboxylic acid groups (broad SMARTS) is 1. The number of aliphatic carboxylic acids is 1. The first-order valence-electron chi connectivity index (χ1n) is 4.07. The molecule has 0 radical (unpaired) electrons. The predicted molar refractivity (Wildman–Crippen MR) is 58.0 cm³/mol. The van der Waals surface area contributed by atoms with Crippen LogP contribution in [0.2, 0.25) is 0 Å². The van der Waals surface area contributed by atoms with Gasteiger partial charge < -0.3 is 5.11 Å². The van der Waals surface area contributed by atoms with Gasteiger partial charge in [-0.05, 0) is 17.7 Å². The Labute approximate surface area is 91.1 Å². The zero-order valence-electron chi connectivity index (χ0n) is 7.40. The summed E-state index contributed by atoms with van der Waals surface area (Å²) in [4.78, 5) is 10.9. The lowest BCUT2D eigenvalue weighted by Crippen LogP contribution is -2.10. The molecule has 72 valence electrons. The molecule has 0 aliphatic rings. The summed E-state index contributed by atoms with van der Waals surface area (Å²) in [5.41, 5.74) is 0.727. The number of terminal acetylenes is 1. The number of benzene rings is 1. The third-order valence-corrected chi connectivity index (χ3v) is 2.36. The van der Waals surface area contributed by atoms with Gasteiger partial charge in [-0.15, -0.1) is 12.3 Å². The van der Waals surface area contributed by atoms with Crippen LogP contribution in [0.3, 0.4) is 0 Å². The Bertz CT molecular complexity index is 379. The minimum absolute atomic E-state index is 0.214. The molecule has 0 bridgehead atoms. The number of carbonyl (C=O) groups is 1. The van der Waals surface area contributed by atoms with Gasteiger partial charge in [-0.3, -0.25) is 4.79 Å². The molecule has 1 atom stereocenters. The summed E-state index contributed by atoms with van der Waals surface area (Å²) < 4.78 is 0.860. The van der Waals surface area contributed by atoms with Crippen molar-refractivity contribution in [3.63, 3.8) is 0 Å². The van der Waals surface area contributed by atoms with Gasteiger partial charge in [-0.1, -0.05) is 28.1 Å². The number of halogens is 1. The van der Waals surface area contributed by atoms with Crippen LogP contribution in [0.25, 0.3) is 0 Å². The van der Waals surface area contributed by atoms with E-state index in [0.29, 0.717) is 0 Å². The molecule has 0 saturated carbocycles. The maximum absolute atomic E-state index is 10.9. The molecule has 1 unspecified atom stereocenters. The van der Waals surface area contributed by atoms with Crippen LogP contribution in [0.4, 0.5) is 0 Å². The molecule has 0 aromatic heterocycles. The highest BCUT2D eigenvalue weighted by atomic mass is 79.9. The number of carboxylic acids is 1. The van der Waals surface area contributed by atoms with E-state index in [-0.39, 0.29) is 6.42 Å². The number of hydrogen-bond acceptors (Lipinski definition) is 1. The number of rotatable bonds is 3. The van der Waals surface area contributed by atoms with Crippen molar-refractivity contribution >= 4 is 21.9 Å². The Morgan fingerprint density at radius 3 is 2.86 bits per heavy atom. The van der Waals surface area contributed by atoms with Gasteiger partial charge in [0.25, 0.3) is 0 Å². The summed E-state index contributed by atoms with van der Waals surface area (Å²) >= 11 is 3.29. The summed E-state index contributed by atoms with van der Waals surface area (Å²) in [6.07, 6.45) is 5.33. The van der Waals surface area contributed by atoms with Gasteiger partial charge in [0.2, 0.25) is 0 Å². The fourth-order valence-corrected chi connectivity index (χ4v) is 1.61. The lowest BCUT2D eigenvalue weighted by Gasteiger charge is -2.09. The quantitative estimate of drug-likeness (QED) is 0.841. The van der Waals surface area contributed by atoms with E-state index in [1.807, 2.05) is 6.07 Å². The van der Waals surface area contributed by atoms with Crippen LogP contribution in [-0.4, -0.2) is 11.1 Å². The molecule has 0 saturated heterocycles. The molecule has 1 aromatic rings. The topological polar surface area (TPSA) is 37.3 Å². The minimum Gasteiger partial charge on any atom is -0.481 e. The van der Waals surface area contributed by atoms with Crippen LogP contribution in [-0.2, 0) is 4.79 Å². The van der Waals surface area contributed by atoms with Crippen molar-refractivity contribution in [2.45, 2.75) is 12.3 Å². The van der Waals surface area contributed by atoms with E-state index in [2.05, 4.69) is 21.9 Å². The van der Waals surface area contributed by atoms with Crippen LogP contribution < -0.4 is 0 Å². The summed E-state index contributed by atoms with van der Waals surface area (Å²) in [5.74, 6) is 0.870. The molecule has 0 aliphatic heterocycles. The third kappa shape index (κ3) is 2.61. The van der Waals surface area contributed by atoms with Gasteiger partial charge in [-0.25, -0.2) is 0 Å². The monoisotopic (exact) mass is 252 g/mol. The van der Waals surface area contributed by atoms with Crippen LogP contribution in [0.5, 0.6) is 0 Å². The Morgan fingerprint density at radius 2 is 2.36 bits per heavy atom. The average molecular weight is 253 g/mol. The lowest BCUT2D eigenvalue weighted by molar-refractivity contribution is -0.138. The summed E-state index contributed by atoms with van der Waals surface area (Å²) in [6, 6.07) is 7.18. The largest absolute Gasteiger partial charge is 0.481 e. The Morgan fingerprint density at radius 1 is 1.64 bits per heavy atom. The highest BCUT2D eigenvalue weighted by molar-refractivity contribution is 9.10. The highest BCUT2D eigenvalue weighted by Crippen LogP contribution is 2.22. The van der Waals surface area contributed by atoms with Gasteiger partial charge in [0.1, 0.15) is 0 Å². The smallest absolute Gasteiger partial charge is 0.311 e. The average Bonchev–Trinajstić information content (AvgIpc) is 2.13. The summed E-state index contributed by atoms with van der Waals surface area (Å²) in [5, 5.41) is 8.94. The predicted octanol–water partition coefficient (Wildman–Crippen LogP) is 2.64. The molecule has 0 amide bonds. The van der Waals surface area contributed by atoms with E-state index in [0.717, 1.165) is 10.0 Å². The molecule has 0 spiro atoms. The van der Waals surface area contributed by atoms with Crippen molar-refractivity contribution in [2.24, 2.45) is 0 Å². The lowest BCUT2D eigenvalue weighted by atomic mass is 9.96. The van der Waals surface area contributed by atoms with E-state index in [4.69, 9.17) is 11.5 Å². The molecule has 0 fully saturated rings. The highest BCUT2D eigenvalue weighted by Gasteiger charge is 2.18. The standard InChI is InChI=1S/C11H9BrO2/c1-2-4-10(11(13)14)8-5-3-6-9(12)7-8/h1,3,5-7,10H,4H2,(H,13,14). The van der Waals surface area contributed by atoms with Crippen LogP contribution in [0.1, 0.15) is 17.9 Å². The fraction of sp³-hybridized carbons (Fsp3) is 0.182. The molecule has 1 rings (SSSR count). The van der Waals surface area contributed by atoms with E-state index in [1.54, 1.807) is 18.2 Å². The maximum Gasteiger partial charge on any atom is 0.311 e. The summed E-state index contributed by atoms with van der Waals surface area (Å²) in [7, 11) is 0. The SMILES string of the molecule is C#CCC(C(=O)O)c1cccc(Br)c1. The first-order valence-corrected chi connectivity index (χ1v) is 4.86. The van der Waals surface area contributed by atoms with Crippen molar-refractivity contribution in [1.82, 2.24) is 0 Å². The second-order valence-corrected chi connectivity index (χ2v) is 3.77. The van der Waals surface area contributed by atoms with Gasteiger partial charge >= 0.3 is 5.97 Å². The molecule has 1 N–H and O–H groups in total. The molecule has 3 heteroatoms. The van der Waals surface area contributed by atoms with Crippen molar-refractivity contribution < 1.29 is 9.90 Å². The Kier molecular flexibility index (Phi) is 3.73. The van der Waals surface area contributed by atoms with E-state index >= 15 is 0 Å². The molecular formula is C11H9BrO2. The molecule has 0 heterocycles. The maximum atomic E-state index is 10.9. The zero-order valence-corrected chi connectivity index (χ0v) is 8.99. The van der Waals surface area contributed by atoms with E-state index in [9.17, 15) is 4.79 Å². The minimum atomic E-state index is -0.888. The van der Waals surface area contributed by atoms with Gasteiger partial charge in [-0.2, -0.15) is 0 Å². The van der Waals surface area contributed by atoms with Crippen LogP contribution >= 0.6 is 15.9 Å². The Hall–Kier alpha value is -1.27. The van der Waals surface area contributed by atoms with Crippen molar-refractivity contribution in [3.8, 4) is 12.3 Å². The van der Waals surface area contributed by atoms with Gasteiger partial charge in [0.15, 0.2) is 0 Å². The Balaban J connectivity index is 3.00. The molecular weight excluding hydrogens is 244 g/mol. The van der Waals surface area contributed by atoms with Crippen molar-refractivity contribution in [2.75, 3.05) is 0 Å². The number of hydrogen-bond donors (Lipinski definition) is 1. The van der Waals surface area contributed by atoms with Crippen LogP contribution in [0, 0.1) is 12.3 Å². The fourth-order valence-electron chi connectivity index (χ4n) is 1.19. The first-order chi connectivity index (χ1) is 6.65. The van der Waals surface area contributed by atoms with Crippen LogP contribution in [0.15, 0.2) is 28.7 Å². The third-order valence-electron chi connectivity index (χ3n) is 1.87. The summed E-state index contributed by atoms with van der Waals surface area (Å²) in [6.45, 7) is 0. The van der Waals surface area contributed by atoms with Crippen molar-refractivity contribution in [3.05, 3.63) is 34.3 Å². The molecule has 2 nitrogen and oxygen atoms in total. The molecule has 0 aliphatic carbocycles. The van der Waals surface area contributed by atoms with E-state index < -0.39 is 11.9 Å². The van der Waals surface area contributed by atoms with E-state index in [1.165, 1.54) is 0 Å². The molecule has 14 heavy (non-hydrogen) atoms. The first kappa shape index (κ1) is 10.8.